The number of carbonyl (C=O) groups excluding carboxylic acids is 2. The van der Waals surface area contributed by atoms with Gasteiger partial charge in [-0.1, -0.05) is 50.2 Å². The van der Waals surface area contributed by atoms with Gasteiger partial charge in [-0.3, -0.25) is 0 Å². The van der Waals surface area contributed by atoms with Gasteiger partial charge >= 0.3 is 11.9 Å². The molecule has 0 heterocycles. The lowest BCUT2D eigenvalue weighted by atomic mass is 10.2. The third-order valence-corrected chi connectivity index (χ3v) is 3.05. The first-order chi connectivity index (χ1) is 11.5. The van der Waals surface area contributed by atoms with Crippen LogP contribution in [0.3, 0.4) is 0 Å². The highest BCUT2D eigenvalue weighted by molar-refractivity contribution is 5.91. The van der Waals surface area contributed by atoms with E-state index >= 15 is 0 Å². The zero-order valence-corrected chi connectivity index (χ0v) is 13.8. The van der Waals surface area contributed by atoms with Crippen molar-refractivity contribution >= 4 is 18.0 Å². The number of ether oxygens (including phenoxy) is 2. The fourth-order valence-electron chi connectivity index (χ4n) is 1.89. The fraction of sp³-hybridized carbons (Fsp3) is 0.200. The third kappa shape index (κ3) is 5.72. The summed E-state index contributed by atoms with van der Waals surface area (Å²) in [4.78, 5) is 23.8. The molecule has 0 saturated heterocycles. The molecule has 2 rings (SSSR count). The molecule has 24 heavy (non-hydrogen) atoms. The smallest absolute Gasteiger partial charge is 0.338 e. The van der Waals surface area contributed by atoms with E-state index in [1.807, 2.05) is 44.2 Å². The maximum atomic E-state index is 11.9. The van der Waals surface area contributed by atoms with Crippen LogP contribution in [0.5, 0.6) is 5.75 Å². The Morgan fingerprint density at radius 3 is 2.50 bits per heavy atom. The third-order valence-electron chi connectivity index (χ3n) is 3.05. The molecule has 0 radical (unpaired) electrons. The predicted octanol–water partition coefficient (Wildman–Crippen LogP) is 4.12. The predicted molar refractivity (Wildman–Crippen MR) is 92.7 cm³/mol. The molecule has 0 aliphatic heterocycles. The van der Waals surface area contributed by atoms with Crippen LogP contribution in [0.25, 0.3) is 6.08 Å². The summed E-state index contributed by atoms with van der Waals surface area (Å²) in [5, 5.41) is 0. The summed E-state index contributed by atoms with van der Waals surface area (Å²) in [6.07, 6.45) is 3.02. The Bertz CT molecular complexity index is 717. The van der Waals surface area contributed by atoms with Crippen LogP contribution in [-0.2, 0) is 9.53 Å². The average molecular weight is 324 g/mol. The van der Waals surface area contributed by atoms with E-state index in [2.05, 4.69) is 0 Å². The SMILES string of the molecule is CC(C)COC(=O)c1cccc(OC(=O)/C=C/c2ccccc2)c1. The van der Waals surface area contributed by atoms with Crippen LogP contribution in [-0.4, -0.2) is 18.5 Å². The summed E-state index contributed by atoms with van der Waals surface area (Å²) in [6, 6.07) is 15.8. The van der Waals surface area contributed by atoms with Crippen LogP contribution >= 0.6 is 0 Å². The Hall–Kier alpha value is -2.88. The van der Waals surface area contributed by atoms with Gasteiger partial charge in [-0.25, -0.2) is 9.59 Å². The van der Waals surface area contributed by atoms with E-state index in [9.17, 15) is 9.59 Å². The molecule has 0 fully saturated rings. The molecule has 0 atom stereocenters. The molecule has 0 spiro atoms. The minimum Gasteiger partial charge on any atom is -0.462 e. The number of hydrogen-bond donors (Lipinski definition) is 0. The lowest BCUT2D eigenvalue weighted by Crippen LogP contribution is -2.10. The monoisotopic (exact) mass is 324 g/mol. The lowest BCUT2D eigenvalue weighted by molar-refractivity contribution is -0.128. The molecule has 0 aliphatic rings. The highest BCUT2D eigenvalue weighted by Gasteiger charge is 2.10. The second-order valence-corrected chi connectivity index (χ2v) is 5.69. The number of esters is 2. The topological polar surface area (TPSA) is 52.6 Å². The number of benzene rings is 2. The molecule has 0 saturated carbocycles. The molecular formula is C20H20O4. The molecule has 2 aromatic rings. The minimum absolute atomic E-state index is 0.262. The van der Waals surface area contributed by atoms with Gasteiger partial charge in [-0.2, -0.15) is 0 Å². The van der Waals surface area contributed by atoms with Crippen LogP contribution in [0, 0.1) is 5.92 Å². The van der Waals surface area contributed by atoms with Crippen LogP contribution < -0.4 is 4.74 Å². The van der Waals surface area contributed by atoms with Crippen molar-refractivity contribution < 1.29 is 19.1 Å². The van der Waals surface area contributed by atoms with Crippen molar-refractivity contribution in [3.63, 3.8) is 0 Å². The molecule has 0 unspecified atom stereocenters. The molecule has 4 heteroatoms. The van der Waals surface area contributed by atoms with Gasteiger partial charge in [-0.15, -0.1) is 0 Å². The number of hydrogen-bond acceptors (Lipinski definition) is 4. The van der Waals surface area contributed by atoms with Gasteiger partial charge in [0, 0.05) is 6.08 Å². The highest BCUT2D eigenvalue weighted by Crippen LogP contribution is 2.15. The second-order valence-electron chi connectivity index (χ2n) is 5.69. The molecular weight excluding hydrogens is 304 g/mol. The molecule has 0 amide bonds. The van der Waals surface area contributed by atoms with Crippen molar-refractivity contribution in [1.82, 2.24) is 0 Å². The van der Waals surface area contributed by atoms with Gasteiger partial charge in [0.25, 0.3) is 0 Å². The van der Waals surface area contributed by atoms with Gasteiger partial charge in [0.15, 0.2) is 0 Å². The average Bonchev–Trinajstić information content (AvgIpc) is 2.59. The van der Waals surface area contributed by atoms with E-state index in [0.717, 1.165) is 5.56 Å². The quantitative estimate of drug-likeness (QED) is 0.456. The van der Waals surface area contributed by atoms with Crippen molar-refractivity contribution in [2.45, 2.75) is 13.8 Å². The Balaban J connectivity index is 1.97. The van der Waals surface area contributed by atoms with Crippen LogP contribution in [0.2, 0.25) is 0 Å². The summed E-state index contributed by atoms with van der Waals surface area (Å²) in [5.41, 5.74) is 1.26. The maximum Gasteiger partial charge on any atom is 0.338 e. The molecule has 2 aromatic carbocycles. The van der Waals surface area contributed by atoms with Crippen molar-refractivity contribution in [1.29, 1.82) is 0 Å². The van der Waals surface area contributed by atoms with Gasteiger partial charge in [-0.05, 0) is 35.8 Å². The van der Waals surface area contributed by atoms with E-state index in [1.165, 1.54) is 12.1 Å². The van der Waals surface area contributed by atoms with Crippen LogP contribution in [0.1, 0.15) is 29.8 Å². The Kier molecular flexibility index (Phi) is 6.32. The Morgan fingerprint density at radius 2 is 1.79 bits per heavy atom. The first-order valence-corrected chi connectivity index (χ1v) is 7.76. The zero-order chi connectivity index (χ0) is 17.4. The second kappa shape index (κ2) is 8.67. The van der Waals surface area contributed by atoms with Crippen molar-refractivity contribution in [3.05, 3.63) is 71.8 Å². The molecule has 0 aromatic heterocycles. The van der Waals surface area contributed by atoms with E-state index in [1.54, 1.807) is 24.3 Å². The standard InChI is InChI=1S/C20H20O4/c1-15(2)14-23-20(22)17-9-6-10-18(13-17)24-19(21)12-11-16-7-4-3-5-8-16/h3-13,15H,14H2,1-2H3/b12-11+. The van der Waals surface area contributed by atoms with E-state index < -0.39 is 11.9 Å². The molecule has 4 nitrogen and oxygen atoms in total. The number of rotatable bonds is 6. The first-order valence-electron chi connectivity index (χ1n) is 7.76. The largest absolute Gasteiger partial charge is 0.462 e. The summed E-state index contributed by atoms with van der Waals surface area (Å²) in [6.45, 7) is 4.28. The van der Waals surface area contributed by atoms with Gasteiger partial charge in [0.2, 0.25) is 0 Å². The Labute approximate surface area is 141 Å². The van der Waals surface area contributed by atoms with Gasteiger partial charge < -0.3 is 9.47 Å². The Morgan fingerprint density at radius 1 is 1.04 bits per heavy atom. The van der Waals surface area contributed by atoms with E-state index in [-0.39, 0.29) is 5.92 Å². The fourth-order valence-corrected chi connectivity index (χ4v) is 1.89. The zero-order valence-electron chi connectivity index (χ0n) is 13.8. The molecule has 124 valence electrons. The van der Waals surface area contributed by atoms with E-state index in [4.69, 9.17) is 9.47 Å². The maximum absolute atomic E-state index is 11.9. The minimum atomic E-state index is -0.508. The molecule has 0 N–H and O–H groups in total. The van der Waals surface area contributed by atoms with Gasteiger partial charge in [0.05, 0.1) is 12.2 Å². The van der Waals surface area contributed by atoms with Crippen LogP contribution in [0.4, 0.5) is 0 Å². The summed E-state index contributed by atoms with van der Waals surface area (Å²) < 4.78 is 10.4. The van der Waals surface area contributed by atoms with Crippen molar-refractivity contribution in [2.24, 2.45) is 5.92 Å². The lowest BCUT2D eigenvalue weighted by Gasteiger charge is -2.08. The highest BCUT2D eigenvalue weighted by atomic mass is 16.5. The first kappa shape index (κ1) is 17.5. The molecule has 0 bridgehead atoms. The van der Waals surface area contributed by atoms with Gasteiger partial charge in [0.1, 0.15) is 5.75 Å². The van der Waals surface area contributed by atoms with Crippen molar-refractivity contribution in [3.8, 4) is 5.75 Å². The molecule has 0 aliphatic carbocycles. The van der Waals surface area contributed by atoms with Crippen molar-refractivity contribution in [2.75, 3.05) is 6.61 Å². The normalized spacial score (nSPS) is 10.8. The van der Waals surface area contributed by atoms with Crippen LogP contribution in [0.15, 0.2) is 60.7 Å². The summed E-state index contributed by atoms with van der Waals surface area (Å²) in [7, 11) is 0. The summed E-state index contributed by atoms with van der Waals surface area (Å²) in [5.74, 6) is -0.372. The van der Waals surface area contributed by atoms with E-state index in [0.29, 0.717) is 17.9 Å². The summed E-state index contributed by atoms with van der Waals surface area (Å²) >= 11 is 0. The number of carbonyl (C=O) groups is 2.